The molecule has 1 radical (unpaired) electrons. The summed E-state index contributed by atoms with van der Waals surface area (Å²) < 4.78 is 8.53. The molecule has 0 aliphatic heterocycles. The van der Waals surface area contributed by atoms with E-state index >= 15 is 0 Å². The monoisotopic (exact) mass is 522 g/mol. The fourth-order valence-electron chi connectivity index (χ4n) is 5.85. The number of nitrogens with zero attached hydrogens (tertiary/aromatic N) is 2. The number of rotatable bonds is 7. The van der Waals surface area contributed by atoms with Crippen LogP contribution in [-0.4, -0.2) is 33.3 Å². The lowest BCUT2D eigenvalue weighted by Crippen LogP contribution is -2.50. The quantitative estimate of drug-likeness (QED) is 0.183. The molecule has 3 atom stereocenters. The smallest absolute Gasteiger partial charge is 0.300 e. The molecule has 5 heteroatoms. The summed E-state index contributed by atoms with van der Waals surface area (Å²) in [7, 11) is 2.05. The molecule has 0 saturated heterocycles. The average molecular weight is 523 g/mol. The zero-order chi connectivity index (χ0) is 28.1. The third-order valence-corrected chi connectivity index (χ3v) is 9.60. The number of imidazole rings is 1. The van der Waals surface area contributed by atoms with Crippen LogP contribution in [0.5, 0.6) is 0 Å². The predicted molar refractivity (Wildman–Crippen MR) is 164 cm³/mol. The average Bonchev–Trinajstić information content (AvgIpc) is 3.30. The first kappa shape index (κ1) is 27.7. The molecule has 5 rings (SSSR count). The minimum absolute atomic E-state index is 0.00191. The highest BCUT2D eigenvalue weighted by atomic mass is 16.5. The number of benzene rings is 3. The van der Waals surface area contributed by atoms with Crippen LogP contribution in [0.4, 0.5) is 0 Å². The van der Waals surface area contributed by atoms with Gasteiger partial charge >= 0.3 is 0 Å². The van der Waals surface area contributed by atoms with Crippen molar-refractivity contribution in [2.24, 2.45) is 5.92 Å². The van der Waals surface area contributed by atoms with Gasteiger partial charge in [-0.15, -0.1) is 0 Å². The van der Waals surface area contributed by atoms with Crippen LogP contribution in [0, 0.1) is 5.92 Å². The predicted octanol–water partition coefficient (Wildman–Crippen LogP) is 7.87. The van der Waals surface area contributed by atoms with E-state index in [1.165, 1.54) is 5.56 Å². The molecule has 1 fully saturated rings. The van der Waals surface area contributed by atoms with Crippen LogP contribution < -0.4 is 0 Å². The van der Waals surface area contributed by atoms with Gasteiger partial charge in [0.15, 0.2) is 5.60 Å². The molecule has 39 heavy (non-hydrogen) atoms. The lowest BCUT2D eigenvalue weighted by Gasteiger charge is -2.48. The van der Waals surface area contributed by atoms with E-state index in [-0.39, 0.29) is 10.7 Å². The van der Waals surface area contributed by atoms with Crippen LogP contribution >= 0.6 is 0 Å². The molecule has 1 aromatic heterocycles. The molecule has 1 aliphatic carbocycles. The minimum Gasteiger partial charge on any atom is -0.439 e. The third kappa shape index (κ3) is 5.19. The van der Waals surface area contributed by atoms with E-state index in [4.69, 9.17) is 14.7 Å². The second-order valence-electron chi connectivity index (χ2n) is 13.2. The van der Waals surface area contributed by atoms with Gasteiger partial charge in [-0.05, 0) is 73.2 Å². The van der Waals surface area contributed by atoms with Crippen molar-refractivity contribution >= 4 is 18.5 Å². The molecule has 3 aromatic carbocycles. The SMILES string of the molecule is CC1CC(C)([B]OC(C)(C)C(C)(C)[OH2+])CCC1(C)c1ccc(-c2nc3ccccc3n2-c2ccccc2)cc1. The van der Waals surface area contributed by atoms with Gasteiger partial charge in [0.2, 0.25) is 0 Å². The Morgan fingerprint density at radius 3 is 2.18 bits per heavy atom. The topological polar surface area (TPSA) is 49.9 Å². The van der Waals surface area contributed by atoms with Crippen LogP contribution in [0.3, 0.4) is 0 Å². The van der Waals surface area contributed by atoms with E-state index < -0.39 is 11.2 Å². The molecule has 1 saturated carbocycles. The molecule has 4 nitrogen and oxygen atoms in total. The Labute approximate surface area is 234 Å². The van der Waals surface area contributed by atoms with Crippen LogP contribution in [-0.2, 0) is 10.1 Å². The van der Waals surface area contributed by atoms with E-state index in [9.17, 15) is 0 Å². The normalized spacial score (nSPS) is 24.2. The van der Waals surface area contributed by atoms with E-state index in [1.807, 2.05) is 33.8 Å². The molecule has 3 unspecified atom stereocenters. The summed E-state index contributed by atoms with van der Waals surface area (Å²) in [6.45, 7) is 15.0. The van der Waals surface area contributed by atoms with Crippen molar-refractivity contribution in [1.82, 2.24) is 9.55 Å². The second kappa shape index (κ2) is 9.94. The van der Waals surface area contributed by atoms with Gasteiger partial charge in [0, 0.05) is 25.1 Å². The maximum absolute atomic E-state index is 8.45. The lowest BCUT2D eigenvalue weighted by atomic mass is 9.49. The number of hydrogen-bond donors (Lipinski definition) is 0. The fourth-order valence-corrected chi connectivity index (χ4v) is 5.85. The maximum atomic E-state index is 8.45. The minimum atomic E-state index is -0.669. The molecule has 0 bridgehead atoms. The molecular weight excluding hydrogens is 479 g/mol. The van der Waals surface area contributed by atoms with Gasteiger partial charge in [0.05, 0.1) is 11.0 Å². The van der Waals surface area contributed by atoms with Gasteiger partial charge in [0.1, 0.15) is 11.4 Å². The Bertz CT molecular complexity index is 1440. The molecule has 203 valence electrons. The first-order valence-corrected chi connectivity index (χ1v) is 14.2. The van der Waals surface area contributed by atoms with E-state index in [1.54, 1.807) is 0 Å². The Morgan fingerprint density at radius 1 is 0.897 bits per heavy atom. The van der Waals surface area contributed by atoms with Gasteiger partial charge < -0.3 is 9.76 Å². The van der Waals surface area contributed by atoms with Crippen molar-refractivity contribution in [3.05, 3.63) is 84.4 Å². The summed E-state index contributed by atoms with van der Waals surface area (Å²) in [5, 5.41) is 8.45. The Morgan fingerprint density at radius 2 is 1.54 bits per heavy atom. The summed E-state index contributed by atoms with van der Waals surface area (Å²) in [4.78, 5) is 5.04. The molecular formula is C34H43BN2O2+. The van der Waals surface area contributed by atoms with Crippen LogP contribution in [0.2, 0.25) is 5.31 Å². The number of para-hydroxylation sites is 3. The highest BCUT2D eigenvalue weighted by Gasteiger charge is 2.47. The van der Waals surface area contributed by atoms with Gasteiger partial charge in [-0.3, -0.25) is 4.57 Å². The summed E-state index contributed by atoms with van der Waals surface area (Å²) in [5.41, 5.74) is 4.63. The molecule has 1 aliphatic rings. The largest absolute Gasteiger partial charge is 0.439 e. The van der Waals surface area contributed by atoms with Crippen molar-refractivity contribution < 1.29 is 9.76 Å². The standard InChI is InChI=1S/C34H42BN2O2/c1-24-23-33(6,35-39-32(4,5)31(2,3)38)21-22-34(24,7)26-19-17-25(18-20-26)30-36-28-15-11-12-16-29(28)37(30)27-13-9-8-10-14-27/h8-20,24,38H,21-23H2,1-7H3/p+1. The van der Waals surface area contributed by atoms with Crippen molar-refractivity contribution in [3.63, 3.8) is 0 Å². The van der Waals surface area contributed by atoms with E-state index in [0.29, 0.717) is 5.92 Å². The molecule has 2 N–H and O–H groups in total. The van der Waals surface area contributed by atoms with Crippen molar-refractivity contribution in [2.45, 2.75) is 89.7 Å². The lowest BCUT2D eigenvalue weighted by molar-refractivity contribution is -0.0928. The summed E-state index contributed by atoms with van der Waals surface area (Å²) in [6, 6.07) is 28.0. The number of aromatic nitrogens is 2. The summed E-state index contributed by atoms with van der Waals surface area (Å²) in [5.74, 6) is 1.46. The molecule has 0 amide bonds. The Kier molecular flexibility index (Phi) is 7.05. The van der Waals surface area contributed by atoms with Crippen LogP contribution in [0.15, 0.2) is 78.9 Å². The fraction of sp³-hybridized carbons (Fsp3) is 0.441. The van der Waals surface area contributed by atoms with Crippen molar-refractivity contribution in [3.8, 4) is 17.1 Å². The van der Waals surface area contributed by atoms with Gasteiger partial charge in [-0.1, -0.05) is 81.8 Å². The zero-order valence-electron chi connectivity index (χ0n) is 24.6. The first-order valence-electron chi connectivity index (χ1n) is 14.2. The summed E-state index contributed by atoms with van der Waals surface area (Å²) >= 11 is 0. The van der Waals surface area contributed by atoms with Crippen molar-refractivity contribution in [2.75, 3.05) is 0 Å². The third-order valence-electron chi connectivity index (χ3n) is 9.60. The van der Waals surface area contributed by atoms with Gasteiger partial charge in [-0.25, -0.2) is 4.98 Å². The van der Waals surface area contributed by atoms with Crippen LogP contribution in [0.1, 0.15) is 73.3 Å². The Hall–Kier alpha value is -2.89. The highest BCUT2D eigenvalue weighted by molar-refractivity contribution is 6.32. The number of fused-ring (bicyclic) bond motifs is 1. The molecule has 0 spiro atoms. The molecule has 1 heterocycles. The van der Waals surface area contributed by atoms with Gasteiger partial charge in [0.25, 0.3) is 7.48 Å². The Balaban J connectivity index is 1.39. The maximum Gasteiger partial charge on any atom is 0.300 e. The first-order chi connectivity index (χ1) is 18.3. The van der Waals surface area contributed by atoms with Gasteiger partial charge in [-0.2, -0.15) is 0 Å². The van der Waals surface area contributed by atoms with Crippen LogP contribution in [0.25, 0.3) is 28.1 Å². The highest BCUT2D eigenvalue weighted by Crippen LogP contribution is 2.54. The van der Waals surface area contributed by atoms with E-state index in [2.05, 4.69) is 106 Å². The van der Waals surface area contributed by atoms with E-state index in [0.717, 1.165) is 47.4 Å². The molecule has 4 aromatic rings. The zero-order valence-corrected chi connectivity index (χ0v) is 24.6. The second-order valence-corrected chi connectivity index (χ2v) is 13.2. The number of hydrogen-bond acceptors (Lipinski definition) is 2. The summed E-state index contributed by atoms with van der Waals surface area (Å²) in [6.07, 6.45) is 3.22. The van der Waals surface area contributed by atoms with Crippen molar-refractivity contribution in [1.29, 1.82) is 0 Å².